The zero-order valence-electron chi connectivity index (χ0n) is 16.4. The number of unbranched alkanes of at least 4 members (excludes halogenated alkanes) is 5. The first kappa shape index (κ1) is 21.7. The monoisotopic (exact) mass is 382 g/mol. The van der Waals surface area contributed by atoms with Crippen molar-refractivity contribution < 1.29 is 19.4 Å². The van der Waals surface area contributed by atoms with Crippen LogP contribution in [0.3, 0.4) is 0 Å². The van der Waals surface area contributed by atoms with Crippen LogP contribution in [0.25, 0.3) is 11.1 Å². The number of carbonyl (C=O) groups is 1. The van der Waals surface area contributed by atoms with Crippen molar-refractivity contribution >= 4 is 5.97 Å². The first-order valence-electron chi connectivity index (χ1n) is 9.96. The predicted molar refractivity (Wildman–Crippen MR) is 113 cm³/mol. The topological polar surface area (TPSA) is 55.8 Å². The molecule has 0 aromatic heterocycles. The van der Waals surface area contributed by atoms with E-state index >= 15 is 0 Å². The highest BCUT2D eigenvalue weighted by Crippen LogP contribution is 2.23. The molecular formula is C24H30O4. The molecule has 150 valence electrons. The van der Waals surface area contributed by atoms with Gasteiger partial charge in [0.2, 0.25) is 0 Å². The maximum absolute atomic E-state index is 10.9. The van der Waals surface area contributed by atoms with Crippen LogP contribution in [0.15, 0.2) is 61.2 Å². The fourth-order valence-electron chi connectivity index (χ4n) is 2.92. The summed E-state index contributed by atoms with van der Waals surface area (Å²) >= 11 is 0. The summed E-state index contributed by atoms with van der Waals surface area (Å²) in [6.07, 6.45) is 8.84. The van der Waals surface area contributed by atoms with Gasteiger partial charge < -0.3 is 14.6 Å². The van der Waals surface area contributed by atoms with E-state index in [0.717, 1.165) is 42.9 Å². The van der Waals surface area contributed by atoms with Gasteiger partial charge in [0.05, 0.1) is 18.8 Å². The lowest BCUT2D eigenvalue weighted by molar-refractivity contribution is 0.0697. The van der Waals surface area contributed by atoms with E-state index < -0.39 is 5.97 Å². The number of carboxylic acids is 1. The van der Waals surface area contributed by atoms with Crippen molar-refractivity contribution in [1.29, 1.82) is 0 Å². The number of hydrogen-bond donors (Lipinski definition) is 1. The highest BCUT2D eigenvalue weighted by Gasteiger charge is 2.03. The second-order valence-corrected chi connectivity index (χ2v) is 6.74. The van der Waals surface area contributed by atoms with E-state index in [1.165, 1.54) is 25.7 Å². The number of benzene rings is 2. The van der Waals surface area contributed by atoms with Crippen LogP contribution in [-0.2, 0) is 4.74 Å². The Morgan fingerprint density at radius 1 is 0.821 bits per heavy atom. The Hall–Kier alpha value is -2.59. The minimum Gasteiger partial charge on any atom is -0.494 e. The van der Waals surface area contributed by atoms with Crippen LogP contribution in [0.2, 0.25) is 0 Å². The first-order chi connectivity index (χ1) is 13.7. The zero-order chi connectivity index (χ0) is 20.0. The number of aromatic carboxylic acids is 1. The molecule has 1 N–H and O–H groups in total. The Balaban J connectivity index is 1.60. The number of ether oxygens (including phenoxy) is 2. The van der Waals surface area contributed by atoms with Crippen LogP contribution in [0.1, 0.15) is 48.9 Å². The van der Waals surface area contributed by atoms with Gasteiger partial charge in [-0.15, -0.1) is 6.58 Å². The molecular weight excluding hydrogens is 352 g/mol. The molecule has 0 aliphatic heterocycles. The Morgan fingerprint density at radius 3 is 1.93 bits per heavy atom. The fraction of sp³-hybridized carbons (Fsp3) is 0.375. The van der Waals surface area contributed by atoms with Crippen LogP contribution in [0.5, 0.6) is 5.75 Å². The Kier molecular flexibility index (Phi) is 9.87. The number of rotatable bonds is 14. The number of carboxylic acid groups (broad SMARTS) is 1. The smallest absolute Gasteiger partial charge is 0.335 e. The number of hydrogen-bond acceptors (Lipinski definition) is 3. The maximum Gasteiger partial charge on any atom is 0.335 e. The van der Waals surface area contributed by atoms with Gasteiger partial charge in [-0.2, -0.15) is 0 Å². The molecule has 28 heavy (non-hydrogen) atoms. The molecule has 4 nitrogen and oxygen atoms in total. The molecule has 0 fully saturated rings. The minimum absolute atomic E-state index is 0.296. The average Bonchev–Trinajstić information content (AvgIpc) is 2.72. The van der Waals surface area contributed by atoms with Crippen LogP contribution in [0.4, 0.5) is 0 Å². The summed E-state index contributed by atoms with van der Waals surface area (Å²) in [6, 6.07) is 14.8. The lowest BCUT2D eigenvalue weighted by Gasteiger charge is -2.08. The summed E-state index contributed by atoms with van der Waals surface area (Å²) in [4.78, 5) is 10.9. The van der Waals surface area contributed by atoms with Crippen molar-refractivity contribution in [3.63, 3.8) is 0 Å². The fourth-order valence-corrected chi connectivity index (χ4v) is 2.92. The lowest BCUT2D eigenvalue weighted by atomic mass is 10.0. The first-order valence-corrected chi connectivity index (χ1v) is 9.96. The predicted octanol–water partition coefficient (Wildman–Crippen LogP) is 5.97. The third kappa shape index (κ3) is 7.97. The van der Waals surface area contributed by atoms with Crippen LogP contribution in [-0.4, -0.2) is 30.9 Å². The molecule has 0 heterocycles. The summed E-state index contributed by atoms with van der Waals surface area (Å²) in [5.41, 5.74) is 2.33. The van der Waals surface area contributed by atoms with Gasteiger partial charge in [-0.3, -0.25) is 0 Å². The second-order valence-electron chi connectivity index (χ2n) is 6.74. The van der Waals surface area contributed by atoms with Crippen LogP contribution in [0, 0.1) is 0 Å². The third-order valence-corrected chi connectivity index (χ3v) is 4.51. The maximum atomic E-state index is 10.9. The van der Waals surface area contributed by atoms with Gasteiger partial charge in [0.25, 0.3) is 0 Å². The summed E-state index contributed by atoms with van der Waals surface area (Å²) in [5, 5.41) is 8.96. The quantitative estimate of drug-likeness (QED) is 0.323. The van der Waals surface area contributed by atoms with Crippen LogP contribution >= 0.6 is 0 Å². The molecule has 0 bridgehead atoms. The van der Waals surface area contributed by atoms with Crippen molar-refractivity contribution in [2.45, 2.75) is 38.5 Å². The van der Waals surface area contributed by atoms with Gasteiger partial charge in [-0.05, 0) is 48.2 Å². The lowest BCUT2D eigenvalue weighted by Crippen LogP contribution is -1.97. The Labute approximate surface area is 167 Å². The molecule has 2 aromatic rings. The molecule has 0 atom stereocenters. The highest BCUT2D eigenvalue weighted by atomic mass is 16.5. The van der Waals surface area contributed by atoms with E-state index in [1.807, 2.05) is 36.4 Å². The Bertz CT molecular complexity index is 704. The summed E-state index contributed by atoms with van der Waals surface area (Å²) in [6.45, 7) is 5.84. The van der Waals surface area contributed by atoms with Gasteiger partial charge >= 0.3 is 5.97 Å². The van der Waals surface area contributed by atoms with Gasteiger partial charge in [0, 0.05) is 6.61 Å². The molecule has 0 unspecified atom stereocenters. The molecule has 0 aliphatic carbocycles. The molecule has 0 saturated heterocycles. The van der Waals surface area contributed by atoms with E-state index in [0.29, 0.717) is 12.2 Å². The van der Waals surface area contributed by atoms with E-state index in [-0.39, 0.29) is 0 Å². The van der Waals surface area contributed by atoms with Crippen molar-refractivity contribution in [3.8, 4) is 16.9 Å². The van der Waals surface area contributed by atoms with Crippen molar-refractivity contribution in [1.82, 2.24) is 0 Å². The summed E-state index contributed by atoms with van der Waals surface area (Å²) in [5.74, 6) is -0.0434. The summed E-state index contributed by atoms with van der Waals surface area (Å²) in [7, 11) is 0. The van der Waals surface area contributed by atoms with Crippen molar-refractivity contribution in [2.24, 2.45) is 0 Å². The van der Waals surface area contributed by atoms with Gasteiger partial charge in [0.15, 0.2) is 0 Å². The van der Waals surface area contributed by atoms with Crippen LogP contribution < -0.4 is 4.74 Å². The standard InChI is InChI=1S/C24H30O4/c1-2-17-27-18-7-5-3-4-6-8-19-28-23-15-13-21(14-16-23)20-9-11-22(12-10-20)24(25)26/h2,9-16H,1,3-8,17-19H2,(H,25,26). The normalized spacial score (nSPS) is 10.6. The SMILES string of the molecule is C=CCOCCCCCCCCOc1ccc(-c2ccc(C(=O)O)cc2)cc1. The molecule has 0 spiro atoms. The van der Waals surface area contributed by atoms with Gasteiger partial charge in [-0.1, -0.05) is 56.0 Å². The van der Waals surface area contributed by atoms with Gasteiger partial charge in [-0.25, -0.2) is 4.79 Å². The Morgan fingerprint density at radius 2 is 1.36 bits per heavy atom. The largest absolute Gasteiger partial charge is 0.494 e. The van der Waals surface area contributed by atoms with Crippen molar-refractivity contribution in [3.05, 3.63) is 66.7 Å². The zero-order valence-corrected chi connectivity index (χ0v) is 16.4. The molecule has 2 rings (SSSR count). The van der Waals surface area contributed by atoms with E-state index in [9.17, 15) is 4.79 Å². The second kappa shape index (κ2) is 12.7. The van der Waals surface area contributed by atoms with Gasteiger partial charge in [0.1, 0.15) is 5.75 Å². The molecule has 0 aliphatic rings. The molecule has 0 radical (unpaired) electrons. The molecule has 0 amide bonds. The van der Waals surface area contributed by atoms with E-state index in [2.05, 4.69) is 6.58 Å². The minimum atomic E-state index is -0.909. The average molecular weight is 383 g/mol. The van der Waals surface area contributed by atoms with E-state index in [4.69, 9.17) is 14.6 Å². The van der Waals surface area contributed by atoms with Crippen molar-refractivity contribution in [2.75, 3.05) is 19.8 Å². The molecule has 4 heteroatoms. The molecule has 2 aromatic carbocycles. The molecule has 0 saturated carbocycles. The third-order valence-electron chi connectivity index (χ3n) is 4.51. The highest BCUT2D eigenvalue weighted by molar-refractivity contribution is 5.88. The summed E-state index contributed by atoms with van der Waals surface area (Å²) < 4.78 is 11.2. The van der Waals surface area contributed by atoms with E-state index in [1.54, 1.807) is 18.2 Å².